The highest BCUT2D eigenvalue weighted by atomic mass is 16.3. The van der Waals surface area contributed by atoms with Crippen LogP contribution in [0.1, 0.15) is 163 Å². The van der Waals surface area contributed by atoms with E-state index in [4.69, 9.17) is 0 Å². The monoisotopic (exact) mass is 1330 g/mol. The maximum absolute atomic E-state index is 15.3. The fourth-order valence-corrected chi connectivity index (χ4v) is 12.7. The Kier molecular flexibility index (Phi) is 34.4. The normalized spacial score (nSPS) is 28.0. The molecule has 0 bridgehead atoms. The Morgan fingerprint density at radius 1 is 0.457 bits per heavy atom. The summed E-state index contributed by atoms with van der Waals surface area (Å²) in [4.78, 5) is 177. The van der Waals surface area contributed by atoms with Crippen molar-refractivity contribution in [3.8, 4) is 0 Å². The first-order valence-corrected chi connectivity index (χ1v) is 34.5. The lowest BCUT2D eigenvalue weighted by Crippen LogP contribution is -2.64. The van der Waals surface area contributed by atoms with Gasteiger partial charge in [0.05, 0.1) is 6.10 Å². The van der Waals surface area contributed by atoms with E-state index in [1.54, 1.807) is 47.6 Å². The van der Waals surface area contributed by atoms with E-state index in [1.807, 2.05) is 61.5 Å². The van der Waals surface area contributed by atoms with Crippen LogP contribution in [0.25, 0.3) is 0 Å². The average molecular weight is 1330 g/mol. The summed E-state index contributed by atoms with van der Waals surface area (Å²) in [6, 6.07) is -13.7. The van der Waals surface area contributed by atoms with E-state index in [9.17, 15) is 29.1 Å². The van der Waals surface area contributed by atoms with Crippen molar-refractivity contribution in [2.75, 3.05) is 88.6 Å². The summed E-state index contributed by atoms with van der Waals surface area (Å²) in [5, 5.41) is 23.5. The molecule has 2 rings (SSSR count). The topological polar surface area (TPSA) is 285 Å². The number of carbonyl (C=O) groups excluding carboxylic acids is 11. The van der Waals surface area contributed by atoms with Gasteiger partial charge in [-0.25, -0.2) is 0 Å². The van der Waals surface area contributed by atoms with Gasteiger partial charge in [0.2, 0.25) is 65.0 Å². The van der Waals surface area contributed by atoms with Crippen LogP contribution in [-0.2, 0) is 52.7 Å². The van der Waals surface area contributed by atoms with Crippen molar-refractivity contribution in [3.63, 3.8) is 0 Å². The van der Waals surface area contributed by atoms with Gasteiger partial charge in [0.15, 0.2) is 0 Å². The molecule has 0 aliphatic carbocycles. The molecule has 5 N–H and O–H groups in total. The number of carbonyl (C=O) groups is 11. The maximum Gasteiger partial charge on any atom is 0.246 e. The van der Waals surface area contributed by atoms with Crippen LogP contribution in [0.3, 0.4) is 0 Å². The molecule has 0 aromatic heterocycles. The van der Waals surface area contributed by atoms with Crippen molar-refractivity contribution < 1.29 is 57.8 Å². The number of allylic oxidation sites excluding steroid dienone is 2. The third kappa shape index (κ3) is 22.7. The second-order valence-corrected chi connectivity index (χ2v) is 28.8. The average Bonchev–Trinajstić information content (AvgIpc) is 0.812. The Hall–Kier alpha value is -6.21. The van der Waals surface area contributed by atoms with Gasteiger partial charge >= 0.3 is 0 Å². The van der Waals surface area contributed by atoms with E-state index in [-0.39, 0.29) is 43.4 Å². The van der Waals surface area contributed by atoms with Crippen molar-refractivity contribution in [1.82, 2.24) is 65.4 Å². The van der Waals surface area contributed by atoms with Crippen LogP contribution < -0.4 is 21.3 Å². The van der Waals surface area contributed by atoms with E-state index in [1.165, 1.54) is 99.5 Å². The Bertz CT molecular complexity index is 2570. The van der Waals surface area contributed by atoms with Crippen LogP contribution in [0.4, 0.5) is 0 Å². The summed E-state index contributed by atoms with van der Waals surface area (Å²) in [6.07, 6.45) is 3.33. The second kappa shape index (κ2) is 38.5. The zero-order valence-corrected chi connectivity index (χ0v) is 62.1. The molecule has 2 heterocycles. The van der Waals surface area contributed by atoms with Crippen LogP contribution in [0.15, 0.2) is 12.2 Å². The number of aliphatic hydroxyl groups excluding tert-OH is 1. The minimum atomic E-state index is -1.63. The number of piperazine rings is 1. The van der Waals surface area contributed by atoms with Gasteiger partial charge in [0, 0.05) is 75.5 Å². The van der Waals surface area contributed by atoms with E-state index in [0.717, 1.165) is 37.6 Å². The highest BCUT2D eigenvalue weighted by Crippen LogP contribution is 2.27. The molecule has 2 unspecified atom stereocenters. The molecule has 2 aliphatic heterocycles. The SMILES string of the molecule is C/C=C/C[C@@H](C)[C@@H](O)[C@H]1C(=O)N[C@@H](CC)C(=O)N(C)[C@H](C)C(=O)N(C)[C@@H]([C@H](C)CCN2CCN(CC)CC2)C(=O)NC(C(C)C)C(=O)N(C)[C@@H](CC(C)C)C(=O)N[C@@H](C)C(=O)N[C@H](C)C(=O)N(C)[C@@H](CC(C)C)C(=O)N(C)[C@@H](CC(C)C)C(=O)N(C)C(C(C)C)C(=O)N1C. The number of hydrogen-bond donors (Lipinski definition) is 5. The number of nitrogens with zero attached hydrogens (tertiary/aromatic N) is 9. The molecular formula is C69H125N13O12. The Morgan fingerprint density at radius 2 is 0.904 bits per heavy atom. The number of hydrogen-bond acceptors (Lipinski definition) is 14. The van der Waals surface area contributed by atoms with Crippen molar-refractivity contribution in [1.29, 1.82) is 0 Å². The van der Waals surface area contributed by atoms with E-state index >= 15 is 28.8 Å². The lowest BCUT2D eigenvalue weighted by atomic mass is 9.91. The van der Waals surface area contributed by atoms with Crippen LogP contribution in [0, 0.1) is 41.4 Å². The molecule has 0 saturated carbocycles. The smallest absolute Gasteiger partial charge is 0.246 e. The minimum absolute atomic E-state index is 0.0119. The highest BCUT2D eigenvalue weighted by molar-refractivity contribution is 6.00. The lowest BCUT2D eigenvalue weighted by Gasteiger charge is -2.41. The molecule has 25 nitrogen and oxygen atoms in total. The zero-order chi connectivity index (χ0) is 72.2. The van der Waals surface area contributed by atoms with Crippen molar-refractivity contribution in [2.24, 2.45) is 41.4 Å². The Balaban J connectivity index is 3.04. The summed E-state index contributed by atoms with van der Waals surface area (Å²) in [7, 11) is 10.1. The van der Waals surface area contributed by atoms with Crippen LogP contribution >= 0.6 is 0 Å². The molecule has 14 atom stereocenters. The first-order valence-electron chi connectivity index (χ1n) is 34.5. The van der Waals surface area contributed by atoms with Gasteiger partial charge in [-0.2, -0.15) is 0 Å². The van der Waals surface area contributed by atoms with Crippen molar-refractivity contribution >= 4 is 65.0 Å². The molecule has 0 aromatic rings. The van der Waals surface area contributed by atoms with Crippen LogP contribution in [0.5, 0.6) is 0 Å². The van der Waals surface area contributed by atoms with E-state index in [2.05, 4.69) is 38.0 Å². The molecule has 0 spiro atoms. The number of likely N-dealkylation sites (N-methyl/N-ethyl adjacent to an activating group) is 8. The van der Waals surface area contributed by atoms with Crippen LogP contribution in [0.2, 0.25) is 0 Å². The number of aliphatic hydroxyl groups is 1. The van der Waals surface area contributed by atoms with Gasteiger partial charge in [-0.1, -0.05) is 109 Å². The Labute approximate surface area is 563 Å². The number of amides is 11. The molecule has 2 saturated heterocycles. The molecule has 538 valence electrons. The van der Waals surface area contributed by atoms with Gasteiger partial charge in [-0.15, -0.1) is 0 Å². The standard InChI is InChI=1S/C69H125N13O12/c1-26-29-30-46(15)58(83)57-62(87)72-50(27-2)65(90)74(19)49(18)64(89)79(24)56(45(14)31-32-82-35-33-81(28-3)34-36-82)61(86)73-54(43(10)11)68(93)75(20)51(37-40(4)5)60(85)70-47(16)59(84)71-48(17)63(88)76(21)52(38-41(6)7)66(91)77(22)53(39-42(8)9)67(92)78(23)55(44(12)13)69(94)80(57)25/h26,29,40-58,83H,27-28,30-39H2,1-25H3,(H,70,85)(H,71,84)(H,72,87)(H,73,86)/b29-26+/t45-,46-,47+,48-,49-,50+,51+,52+,53+,54?,55?,56+,57+,58-/m1/s1. The summed E-state index contributed by atoms with van der Waals surface area (Å²) in [5.41, 5.74) is 0. The van der Waals surface area contributed by atoms with Gasteiger partial charge in [0.1, 0.15) is 66.5 Å². The fourth-order valence-electron chi connectivity index (χ4n) is 12.7. The van der Waals surface area contributed by atoms with E-state index < -0.39 is 161 Å². The summed E-state index contributed by atoms with van der Waals surface area (Å²) < 4.78 is 0. The molecule has 11 amide bonds. The fraction of sp³-hybridized carbons (Fsp3) is 0.812. The number of nitrogens with one attached hydrogen (secondary N) is 4. The quantitative estimate of drug-likeness (QED) is 0.123. The predicted molar refractivity (Wildman–Crippen MR) is 366 cm³/mol. The first kappa shape index (κ1) is 83.9. The van der Waals surface area contributed by atoms with E-state index in [0.29, 0.717) is 19.4 Å². The van der Waals surface area contributed by atoms with Crippen molar-refractivity contribution in [2.45, 2.75) is 236 Å². The molecule has 94 heavy (non-hydrogen) atoms. The summed E-state index contributed by atoms with van der Waals surface area (Å²) in [5.74, 6) is -10.1. The summed E-state index contributed by atoms with van der Waals surface area (Å²) in [6.45, 7) is 36.7. The van der Waals surface area contributed by atoms with Gasteiger partial charge in [0.25, 0.3) is 0 Å². The molecule has 2 fully saturated rings. The first-order chi connectivity index (χ1) is 43.6. The molecule has 2 aliphatic rings. The zero-order valence-electron chi connectivity index (χ0n) is 62.1. The Morgan fingerprint density at radius 3 is 1.38 bits per heavy atom. The third-order valence-electron chi connectivity index (χ3n) is 19.1. The predicted octanol–water partition coefficient (Wildman–Crippen LogP) is 3.28. The lowest BCUT2D eigenvalue weighted by molar-refractivity contribution is -0.157. The largest absolute Gasteiger partial charge is 0.390 e. The maximum atomic E-state index is 15.3. The highest BCUT2D eigenvalue weighted by Gasteiger charge is 2.46. The van der Waals surface area contributed by atoms with Crippen molar-refractivity contribution in [3.05, 3.63) is 12.2 Å². The van der Waals surface area contributed by atoms with Crippen LogP contribution in [-0.4, -0.2) is 275 Å². The summed E-state index contributed by atoms with van der Waals surface area (Å²) >= 11 is 0. The second-order valence-electron chi connectivity index (χ2n) is 28.8. The molecule has 0 aromatic carbocycles. The van der Waals surface area contributed by atoms with Gasteiger partial charge in [-0.3, -0.25) is 52.7 Å². The van der Waals surface area contributed by atoms with Gasteiger partial charge < -0.3 is 70.5 Å². The molecule has 0 radical (unpaired) electrons. The molecular weight excluding hydrogens is 1200 g/mol. The number of rotatable bonds is 18. The van der Waals surface area contributed by atoms with Gasteiger partial charge in [-0.05, 0) is 121 Å². The third-order valence-corrected chi connectivity index (χ3v) is 19.1. The molecule has 25 heteroatoms. The minimum Gasteiger partial charge on any atom is -0.390 e.